The number of hydrogen-bond acceptors (Lipinski definition) is 3. The number of benzene rings is 1. The molecule has 1 heterocycles. The summed E-state index contributed by atoms with van der Waals surface area (Å²) in [6.45, 7) is 3.96. The second-order valence-electron chi connectivity index (χ2n) is 4.77. The molecule has 1 aliphatic rings. The van der Waals surface area contributed by atoms with E-state index in [9.17, 15) is 4.79 Å². The van der Waals surface area contributed by atoms with Crippen LogP contribution in [-0.2, 0) is 11.2 Å². The molecule has 1 N–H and O–H groups in total. The molecule has 0 saturated carbocycles. The summed E-state index contributed by atoms with van der Waals surface area (Å²) >= 11 is 0. The molecule has 0 saturated heterocycles. The van der Waals surface area contributed by atoms with E-state index >= 15 is 0 Å². The number of carbonyl (C=O) groups is 1. The number of aryl methyl sites for hydroxylation is 1. The Balaban J connectivity index is 2.41. The SMILES string of the molecule is CCc1ccc2c(c1)N(CC(=O)O)CCCN2C. The van der Waals surface area contributed by atoms with Crippen molar-refractivity contribution in [2.75, 3.05) is 36.5 Å². The topological polar surface area (TPSA) is 43.8 Å². The van der Waals surface area contributed by atoms with E-state index in [4.69, 9.17) is 5.11 Å². The van der Waals surface area contributed by atoms with Gasteiger partial charge in [-0.2, -0.15) is 0 Å². The zero-order valence-corrected chi connectivity index (χ0v) is 11.0. The van der Waals surface area contributed by atoms with E-state index in [1.165, 1.54) is 5.56 Å². The predicted octanol–water partition coefficient (Wildman–Crippen LogP) is 1.98. The third kappa shape index (κ3) is 2.58. The van der Waals surface area contributed by atoms with Crippen molar-refractivity contribution in [2.24, 2.45) is 0 Å². The number of carboxylic acids is 1. The maximum Gasteiger partial charge on any atom is 0.323 e. The highest BCUT2D eigenvalue weighted by Gasteiger charge is 2.20. The van der Waals surface area contributed by atoms with Crippen LogP contribution in [0.4, 0.5) is 11.4 Å². The molecule has 98 valence electrons. The molecule has 1 aromatic carbocycles. The second kappa shape index (κ2) is 5.29. The Morgan fingerprint density at radius 1 is 1.33 bits per heavy atom. The molecule has 0 radical (unpaired) electrons. The summed E-state index contributed by atoms with van der Waals surface area (Å²) in [6, 6.07) is 6.36. The van der Waals surface area contributed by atoms with E-state index in [0.29, 0.717) is 0 Å². The summed E-state index contributed by atoms with van der Waals surface area (Å²) in [5, 5.41) is 9.02. The van der Waals surface area contributed by atoms with Crippen LogP contribution in [0.2, 0.25) is 0 Å². The molecule has 0 amide bonds. The largest absolute Gasteiger partial charge is 0.480 e. The Kier molecular flexibility index (Phi) is 3.75. The van der Waals surface area contributed by atoms with Crippen LogP contribution in [0.15, 0.2) is 18.2 Å². The summed E-state index contributed by atoms with van der Waals surface area (Å²) in [7, 11) is 2.06. The van der Waals surface area contributed by atoms with E-state index in [1.807, 2.05) is 4.90 Å². The van der Waals surface area contributed by atoms with Crippen molar-refractivity contribution in [3.63, 3.8) is 0 Å². The molecule has 4 heteroatoms. The van der Waals surface area contributed by atoms with Gasteiger partial charge in [0.05, 0.1) is 11.4 Å². The zero-order chi connectivity index (χ0) is 13.1. The first kappa shape index (κ1) is 12.7. The fourth-order valence-electron chi connectivity index (χ4n) is 2.43. The third-order valence-corrected chi connectivity index (χ3v) is 3.45. The van der Waals surface area contributed by atoms with Crippen molar-refractivity contribution in [1.29, 1.82) is 0 Å². The molecule has 18 heavy (non-hydrogen) atoms. The molecule has 2 rings (SSSR count). The average molecular weight is 248 g/mol. The number of aliphatic carboxylic acids is 1. The highest BCUT2D eigenvalue weighted by molar-refractivity contribution is 5.79. The second-order valence-corrected chi connectivity index (χ2v) is 4.77. The Hall–Kier alpha value is -1.71. The third-order valence-electron chi connectivity index (χ3n) is 3.45. The van der Waals surface area contributed by atoms with Crippen molar-refractivity contribution in [1.82, 2.24) is 0 Å². The smallest absolute Gasteiger partial charge is 0.323 e. The van der Waals surface area contributed by atoms with Crippen molar-refractivity contribution >= 4 is 17.3 Å². The van der Waals surface area contributed by atoms with Gasteiger partial charge in [-0.1, -0.05) is 13.0 Å². The molecule has 0 unspecified atom stereocenters. The molecule has 1 aliphatic heterocycles. The van der Waals surface area contributed by atoms with Crippen molar-refractivity contribution in [2.45, 2.75) is 19.8 Å². The van der Waals surface area contributed by atoms with Gasteiger partial charge in [-0.15, -0.1) is 0 Å². The average Bonchev–Trinajstić information content (AvgIpc) is 2.49. The summed E-state index contributed by atoms with van der Waals surface area (Å²) in [5.74, 6) is -0.771. The van der Waals surface area contributed by atoms with Gasteiger partial charge in [-0.3, -0.25) is 4.79 Å². The monoisotopic (exact) mass is 248 g/mol. The number of nitrogens with zero attached hydrogens (tertiary/aromatic N) is 2. The minimum absolute atomic E-state index is 0.0774. The Labute approximate surface area is 108 Å². The van der Waals surface area contributed by atoms with E-state index in [0.717, 1.165) is 37.3 Å². The lowest BCUT2D eigenvalue weighted by Gasteiger charge is -2.25. The summed E-state index contributed by atoms with van der Waals surface area (Å²) in [4.78, 5) is 15.1. The Morgan fingerprint density at radius 3 is 2.78 bits per heavy atom. The first-order valence-electron chi connectivity index (χ1n) is 6.42. The lowest BCUT2D eigenvalue weighted by Crippen LogP contribution is -2.30. The Morgan fingerprint density at radius 2 is 2.11 bits per heavy atom. The van der Waals surface area contributed by atoms with Crippen LogP contribution in [0.1, 0.15) is 18.9 Å². The fourth-order valence-corrected chi connectivity index (χ4v) is 2.43. The van der Waals surface area contributed by atoms with Gasteiger partial charge in [0.1, 0.15) is 6.54 Å². The molecule has 0 fully saturated rings. The quantitative estimate of drug-likeness (QED) is 0.888. The minimum atomic E-state index is -0.771. The molecular formula is C14H20N2O2. The standard InChI is InChI=1S/C14H20N2O2/c1-3-11-5-6-12-13(9-11)16(10-14(17)18)8-4-7-15(12)2/h5-6,9H,3-4,7-8,10H2,1-2H3,(H,17,18). The predicted molar refractivity (Wildman–Crippen MR) is 73.6 cm³/mol. The van der Waals surface area contributed by atoms with Crippen molar-refractivity contribution in [3.05, 3.63) is 23.8 Å². The molecule has 0 bridgehead atoms. The molecule has 0 aromatic heterocycles. The number of carboxylic acid groups (broad SMARTS) is 1. The maximum absolute atomic E-state index is 11.0. The molecule has 0 aliphatic carbocycles. The van der Waals surface area contributed by atoms with E-state index < -0.39 is 5.97 Å². The van der Waals surface area contributed by atoms with Crippen LogP contribution in [-0.4, -0.2) is 37.8 Å². The van der Waals surface area contributed by atoms with Gasteiger partial charge in [0.25, 0.3) is 0 Å². The molecule has 0 atom stereocenters. The van der Waals surface area contributed by atoms with Crippen LogP contribution in [0.25, 0.3) is 0 Å². The van der Waals surface area contributed by atoms with Gasteiger partial charge in [-0.05, 0) is 30.5 Å². The van der Waals surface area contributed by atoms with Gasteiger partial charge in [0, 0.05) is 20.1 Å². The number of rotatable bonds is 3. The molecule has 1 aromatic rings. The van der Waals surface area contributed by atoms with E-state index in [2.05, 4.69) is 37.1 Å². The number of anilines is 2. The van der Waals surface area contributed by atoms with Crippen LogP contribution >= 0.6 is 0 Å². The van der Waals surface area contributed by atoms with E-state index in [1.54, 1.807) is 0 Å². The van der Waals surface area contributed by atoms with Gasteiger partial charge >= 0.3 is 5.97 Å². The molecular weight excluding hydrogens is 228 g/mol. The lowest BCUT2D eigenvalue weighted by molar-refractivity contribution is -0.135. The fraction of sp³-hybridized carbons (Fsp3) is 0.500. The lowest BCUT2D eigenvalue weighted by atomic mass is 10.1. The first-order valence-corrected chi connectivity index (χ1v) is 6.42. The number of fused-ring (bicyclic) bond motifs is 1. The molecule has 0 spiro atoms. The van der Waals surface area contributed by atoms with Gasteiger partial charge < -0.3 is 14.9 Å². The zero-order valence-electron chi connectivity index (χ0n) is 11.0. The summed E-state index contributed by atoms with van der Waals surface area (Å²) in [6.07, 6.45) is 1.96. The first-order chi connectivity index (χ1) is 8.61. The van der Waals surface area contributed by atoms with Crippen LogP contribution in [0, 0.1) is 0 Å². The number of hydrogen-bond donors (Lipinski definition) is 1. The minimum Gasteiger partial charge on any atom is -0.480 e. The normalized spacial score (nSPS) is 15.2. The Bertz CT molecular complexity index is 445. The highest BCUT2D eigenvalue weighted by Crippen LogP contribution is 2.32. The van der Waals surface area contributed by atoms with E-state index in [-0.39, 0.29) is 6.54 Å². The summed E-state index contributed by atoms with van der Waals surface area (Å²) in [5.41, 5.74) is 3.43. The van der Waals surface area contributed by atoms with Gasteiger partial charge in [-0.25, -0.2) is 0 Å². The molecule has 4 nitrogen and oxygen atoms in total. The highest BCUT2D eigenvalue weighted by atomic mass is 16.4. The van der Waals surface area contributed by atoms with Crippen LogP contribution in [0.3, 0.4) is 0 Å². The van der Waals surface area contributed by atoms with Crippen LogP contribution < -0.4 is 9.80 Å². The van der Waals surface area contributed by atoms with Crippen LogP contribution in [0.5, 0.6) is 0 Å². The maximum atomic E-state index is 11.0. The van der Waals surface area contributed by atoms with Crippen molar-refractivity contribution in [3.8, 4) is 0 Å². The summed E-state index contributed by atoms with van der Waals surface area (Å²) < 4.78 is 0. The van der Waals surface area contributed by atoms with Gasteiger partial charge in [0.15, 0.2) is 0 Å². The van der Waals surface area contributed by atoms with Gasteiger partial charge in [0.2, 0.25) is 0 Å². The van der Waals surface area contributed by atoms with Crippen molar-refractivity contribution < 1.29 is 9.90 Å².